The van der Waals surface area contributed by atoms with E-state index >= 15 is 0 Å². The summed E-state index contributed by atoms with van der Waals surface area (Å²) in [4.78, 5) is 17.4. The number of nitrogens with zero attached hydrogens (tertiary/aromatic N) is 2. The zero-order chi connectivity index (χ0) is 22.8. The number of amides is 1. The first-order valence-corrected chi connectivity index (χ1v) is 13.3. The minimum absolute atomic E-state index is 0.0538. The van der Waals surface area contributed by atoms with Crippen LogP contribution in [0.2, 0.25) is 0 Å². The molecular formula is C23H25N3O5S2. The summed E-state index contributed by atoms with van der Waals surface area (Å²) >= 11 is 1.57. The molecule has 10 heteroatoms. The number of rotatable bonds is 5. The Hall–Kier alpha value is -2.69. The second-order valence-corrected chi connectivity index (χ2v) is 11.2. The first-order valence-electron chi connectivity index (χ1n) is 11.0. The van der Waals surface area contributed by atoms with Gasteiger partial charge < -0.3 is 14.8 Å². The smallest absolute Gasteiger partial charge is 0.243 e. The van der Waals surface area contributed by atoms with Crippen LogP contribution >= 0.6 is 11.3 Å². The monoisotopic (exact) mass is 487 g/mol. The van der Waals surface area contributed by atoms with Crippen LogP contribution in [0.25, 0.3) is 10.2 Å². The number of hydrogen-bond donors (Lipinski definition) is 1. The van der Waals surface area contributed by atoms with Crippen LogP contribution in [0, 0.1) is 5.92 Å². The summed E-state index contributed by atoms with van der Waals surface area (Å²) < 4.78 is 40.1. The molecule has 2 aromatic carbocycles. The third kappa shape index (κ3) is 4.68. The van der Waals surface area contributed by atoms with Crippen molar-refractivity contribution >= 4 is 37.5 Å². The van der Waals surface area contributed by atoms with Crippen molar-refractivity contribution in [2.75, 3.05) is 26.3 Å². The van der Waals surface area contributed by atoms with Crippen LogP contribution < -0.4 is 14.8 Å². The predicted molar refractivity (Wildman–Crippen MR) is 125 cm³/mol. The Bertz CT molecular complexity index is 1230. The van der Waals surface area contributed by atoms with E-state index in [1.54, 1.807) is 23.5 Å². The summed E-state index contributed by atoms with van der Waals surface area (Å²) in [7, 11) is -3.67. The summed E-state index contributed by atoms with van der Waals surface area (Å²) in [6.07, 6.45) is 1.72. The fraction of sp³-hybridized carbons (Fsp3) is 0.391. The predicted octanol–water partition coefficient (Wildman–Crippen LogP) is 3.17. The lowest BCUT2D eigenvalue weighted by molar-refractivity contribution is -0.126. The molecule has 33 heavy (non-hydrogen) atoms. The third-order valence-corrected chi connectivity index (χ3v) is 8.86. The number of ether oxygens (including phenoxy) is 2. The Labute approximate surface area is 196 Å². The fourth-order valence-electron chi connectivity index (χ4n) is 4.11. The average Bonchev–Trinajstić information content (AvgIpc) is 3.11. The first-order chi connectivity index (χ1) is 16.0. The number of carbonyl (C=O) groups is 1. The van der Waals surface area contributed by atoms with Crippen molar-refractivity contribution in [1.82, 2.24) is 14.6 Å². The van der Waals surface area contributed by atoms with E-state index in [4.69, 9.17) is 9.47 Å². The molecule has 2 aliphatic heterocycles. The number of piperidine rings is 1. The number of nitrogens with one attached hydrogen (secondary N) is 1. The van der Waals surface area contributed by atoms with E-state index in [2.05, 4.69) is 10.3 Å². The molecule has 1 fully saturated rings. The Morgan fingerprint density at radius 2 is 1.85 bits per heavy atom. The molecule has 0 unspecified atom stereocenters. The first kappa shape index (κ1) is 22.1. The van der Waals surface area contributed by atoms with Gasteiger partial charge in [-0.3, -0.25) is 4.79 Å². The van der Waals surface area contributed by atoms with Crippen molar-refractivity contribution in [3.8, 4) is 11.5 Å². The van der Waals surface area contributed by atoms with Crippen molar-refractivity contribution in [2.24, 2.45) is 5.92 Å². The molecule has 5 rings (SSSR count). The summed E-state index contributed by atoms with van der Waals surface area (Å²) in [6.45, 7) is 2.03. The standard InChI is InChI=1S/C23H25N3O5S2/c27-23(24-15-22-25-18-4-1-2-5-21(18)32-22)16-8-10-26(11-9-16)33(28,29)17-6-7-19-20(14-17)31-13-3-12-30-19/h1-2,4-7,14,16H,3,8-13,15H2,(H,24,27). The van der Waals surface area contributed by atoms with Gasteiger partial charge in [0.15, 0.2) is 11.5 Å². The Morgan fingerprint density at radius 1 is 1.09 bits per heavy atom. The lowest BCUT2D eigenvalue weighted by atomic mass is 9.97. The highest BCUT2D eigenvalue weighted by Gasteiger charge is 2.32. The highest BCUT2D eigenvalue weighted by atomic mass is 32.2. The lowest BCUT2D eigenvalue weighted by Gasteiger charge is -2.30. The van der Waals surface area contributed by atoms with Gasteiger partial charge in [0, 0.05) is 31.5 Å². The van der Waals surface area contributed by atoms with Crippen molar-refractivity contribution < 1.29 is 22.7 Å². The Kier molecular flexibility index (Phi) is 6.22. The molecule has 0 aliphatic carbocycles. The topological polar surface area (TPSA) is 97.8 Å². The number of sulfonamides is 1. The van der Waals surface area contributed by atoms with Gasteiger partial charge in [0.1, 0.15) is 5.01 Å². The van der Waals surface area contributed by atoms with Gasteiger partial charge in [0.2, 0.25) is 15.9 Å². The summed E-state index contributed by atoms with van der Waals surface area (Å²) in [6, 6.07) is 12.6. The molecular weight excluding hydrogens is 462 g/mol. The van der Waals surface area contributed by atoms with Gasteiger partial charge in [-0.2, -0.15) is 4.31 Å². The van der Waals surface area contributed by atoms with Crippen molar-refractivity contribution in [3.05, 3.63) is 47.5 Å². The second kappa shape index (κ2) is 9.28. The molecule has 8 nitrogen and oxygen atoms in total. The minimum atomic E-state index is -3.67. The number of benzene rings is 2. The molecule has 1 aromatic heterocycles. The molecule has 0 radical (unpaired) electrons. The van der Waals surface area contributed by atoms with E-state index in [0.717, 1.165) is 21.6 Å². The number of thiazole rings is 1. The SMILES string of the molecule is O=C(NCc1nc2ccccc2s1)C1CCN(S(=O)(=O)c2ccc3c(c2)OCCCO3)CC1. The zero-order valence-electron chi connectivity index (χ0n) is 18.0. The zero-order valence-corrected chi connectivity index (χ0v) is 19.7. The molecule has 3 aromatic rings. The van der Waals surface area contributed by atoms with Crippen molar-refractivity contribution in [1.29, 1.82) is 0 Å². The van der Waals surface area contributed by atoms with Gasteiger partial charge in [0.25, 0.3) is 0 Å². The van der Waals surface area contributed by atoms with Crippen molar-refractivity contribution in [2.45, 2.75) is 30.7 Å². The molecule has 174 valence electrons. The molecule has 2 aliphatic rings. The molecule has 1 N–H and O–H groups in total. The molecule has 0 spiro atoms. The van der Waals surface area contributed by atoms with Gasteiger partial charge in [0.05, 0.1) is 34.9 Å². The Balaban J connectivity index is 1.18. The van der Waals surface area contributed by atoms with Crippen LogP contribution in [0.3, 0.4) is 0 Å². The van der Waals surface area contributed by atoms with E-state index < -0.39 is 10.0 Å². The molecule has 1 saturated heterocycles. The molecule has 0 atom stereocenters. The molecule has 3 heterocycles. The van der Waals surface area contributed by atoms with Crippen LogP contribution in [-0.4, -0.2) is 49.9 Å². The summed E-state index contributed by atoms with van der Waals surface area (Å²) in [5.74, 6) is 0.754. The van der Waals surface area contributed by atoms with Crippen LogP contribution in [0.5, 0.6) is 11.5 Å². The van der Waals surface area contributed by atoms with Gasteiger partial charge in [-0.1, -0.05) is 12.1 Å². The molecule has 0 saturated carbocycles. The highest BCUT2D eigenvalue weighted by Crippen LogP contribution is 2.34. The van der Waals surface area contributed by atoms with Gasteiger partial charge in [-0.05, 0) is 37.1 Å². The fourth-order valence-corrected chi connectivity index (χ4v) is 6.51. The summed E-state index contributed by atoms with van der Waals surface area (Å²) in [5, 5.41) is 3.83. The number of para-hydroxylation sites is 1. The number of fused-ring (bicyclic) bond motifs is 2. The number of carbonyl (C=O) groups excluding carboxylic acids is 1. The van der Waals surface area contributed by atoms with E-state index in [1.807, 2.05) is 24.3 Å². The van der Waals surface area contributed by atoms with E-state index in [9.17, 15) is 13.2 Å². The average molecular weight is 488 g/mol. The largest absolute Gasteiger partial charge is 0.490 e. The maximum Gasteiger partial charge on any atom is 0.243 e. The summed E-state index contributed by atoms with van der Waals surface area (Å²) in [5.41, 5.74) is 0.931. The van der Waals surface area contributed by atoms with E-state index in [1.165, 1.54) is 10.4 Å². The number of hydrogen-bond acceptors (Lipinski definition) is 7. The van der Waals surface area contributed by atoms with Crippen LogP contribution in [-0.2, 0) is 21.4 Å². The van der Waals surface area contributed by atoms with Crippen molar-refractivity contribution in [3.63, 3.8) is 0 Å². The van der Waals surface area contributed by atoms with Crippen LogP contribution in [0.4, 0.5) is 0 Å². The maximum absolute atomic E-state index is 13.2. The molecule has 0 bridgehead atoms. The number of aromatic nitrogens is 1. The van der Waals surface area contributed by atoms with E-state index in [0.29, 0.717) is 57.2 Å². The molecule has 1 amide bonds. The third-order valence-electron chi connectivity index (χ3n) is 5.93. The van der Waals surface area contributed by atoms with Crippen LogP contribution in [0.15, 0.2) is 47.4 Å². The Morgan fingerprint density at radius 3 is 2.64 bits per heavy atom. The normalized spacial score (nSPS) is 17.6. The maximum atomic E-state index is 13.2. The minimum Gasteiger partial charge on any atom is -0.490 e. The van der Waals surface area contributed by atoms with E-state index in [-0.39, 0.29) is 16.7 Å². The van der Waals surface area contributed by atoms with Gasteiger partial charge >= 0.3 is 0 Å². The quantitative estimate of drug-likeness (QED) is 0.594. The second-order valence-electron chi connectivity index (χ2n) is 8.13. The lowest BCUT2D eigenvalue weighted by Crippen LogP contribution is -2.42. The highest BCUT2D eigenvalue weighted by molar-refractivity contribution is 7.89. The van der Waals surface area contributed by atoms with Gasteiger partial charge in [-0.15, -0.1) is 11.3 Å². The van der Waals surface area contributed by atoms with Crippen LogP contribution in [0.1, 0.15) is 24.3 Å². The van der Waals surface area contributed by atoms with Gasteiger partial charge in [-0.25, -0.2) is 13.4 Å².